The molecule has 2 aromatic carbocycles. The van der Waals surface area contributed by atoms with Crippen LogP contribution in [0.2, 0.25) is 0 Å². The molecule has 1 fully saturated rings. The van der Waals surface area contributed by atoms with Crippen LogP contribution in [0.1, 0.15) is 30.7 Å². The van der Waals surface area contributed by atoms with Crippen LogP contribution in [0.3, 0.4) is 0 Å². The minimum atomic E-state index is 0.351. The molecule has 28 heavy (non-hydrogen) atoms. The number of hydrogen-bond acceptors (Lipinski definition) is 5. The maximum Gasteiger partial charge on any atom is 0.163 e. The van der Waals surface area contributed by atoms with Crippen molar-refractivity contribution in [2.24, 2.45) is 11.7 Å². The van der Waals surface area contributed by atoms with Crippen LogP contribution in [0, 0.1) is 5.92 Å². The molecule has 0 aromatic heterocycles. The SMILES string of the molecule is COc1ccc(N)cc1OCC(c1ccccc1)C1CCN(CCCN)CC1. The average Bonchev–Trinajstić information content (AvgIpc) is 2.74. The quantitative estimate of drug-likeness (QED) is 0.648. The molecule has 4 N–H and O–H groups in total. The topological polar surface area (TPSA) is 73.7 Å². The summed E-state index contributed by atoms with van der Waals surface area (Å²) < 4.78 is 11.7. The van der Waals surface area contributed by atoms with E-state index in [2.05, 4.69) is 35.2 Å². The minimum Gasteiger partial charge on any atom is -0.493 e. The third-order valence-electron chi connectivity index (χ3n) is 5.71. The van der Waals surface area contributed by atoms with Gasteiger partial charge in [0, 0.05) is 17.7 Å². The molecule has 1 atom stereocenters. The first-order chi connectivity index (χ1) is 13.7. The second kappa shape index (κ2) is 10.3. The Balaban J connectivity index is 1.70. The number of methoxy groups -OCH3 is 1. The van der Waals surface area contributed by atoms with E-state index in [1.165, 1.54) is 18.4 Å². The van der Waals surface area contributed by atoms with Crippen molar-refractivity contribution in [1.29, 1.82) is 0 Å². The van der Waals surface area contributed by atoms with Gasteiger partial charge in [-0.2, -0.15) is 0 Å². The normalized spacial score (nSPS) is 16.6. The van der Waals surface area contributed by atoms with Crippen molar-refractivity contribution in [3.63, 3.8) is 0 Å². The average molecular weight is 384 g/mol. The number of anilines is 1. The van der Waals surface area contributed by atoms with E-state index in [1.807, 2.05) is 18.2 Å². The summed E-state index contributed by atoms with van der Waals surface area (Å²) in [6, 6.07) is 16.3. The van der Waals surface area contributed by atoms with Gasteiger partial charge in [0.1, 0.15) is 0 Å². The number of piperidine rings is 1. The van der Waals surface area contributed by atoms with Gasteiger partial charge in [-0.1, -0.05) is 30.3 Å². The van der Waals surface area contributed by atoms with Crippen LogP contribution in [-0.4, -0.2) is 44.8 Å². The van der Waals surface area contributed by atoms with E-state index in [0.717, 1.165) is 38.3 Å². The Morgan fingerprint density at radius 3 is 2.50 bits per heavy atom. The van der Waals surface area contributed by atoms with Gasteiger partial charge >= 0.3 is 0 Å². The summed E-state index contributed by atoms with van der Waals surface area (Å²) in [6.45, 7) is 4.77. The molecule has 5 nitrogen and oxygen atoms in total. The zero-order valence-corrected chi connectivity index (χ0v) is 16.8. The van der Waals surface area contributed by atoms with Crippen molar-refractivity contribution >= 4 is 5.69 Å². The molecule has 0 aliphatic carbocycles. The van der Waals surface area contributed by atoms with Gasteiger partial charge in [0.15, 0.2) is 11.5 Å². The number of hydrogen-bond donors (Lipinski definition) is 2. The van der Waals surface area contributed by atoms with Crippen LogP contribution in [0.5, 0.6) is 11.5 Å². The van der Waals surface area contributed by atoms with Gasteiger partial charge in [0.25, 0.3) is 0 Å². The van der Waals surface area contributed by atoms with Crippen molar-refractivity contribution in [1.82, 2.24) is 4.90 Å². The van der Waals surface area contributed by atoms with E-state index in [9.17, 15) is 0 Å². The number of ether oxygens (including phenoxy) is 2. The summed E-state index contributed by atoms with van der Waals surface area (Å²) in [5.41, 5.74) is 13.6. The molecule has 1 heterocycles. The van der Waals surface area contributed by atoms with Crippen LogP contribution < -0.4 is 20.9 Å². The molecular weight excluding hydrogens is 350 g/mol. The molecule has 2 aromatic rings. The maximum absolute atomic E-state index is 6.24. The van der Waals surface area contributed by atoms with Gasteiger partial charge in [-0.05, 0) is 69.1 Å². The number of nitrogens with two attached hydrogens (primary N) is 2. The third kappa shape index (κ3) is 5.40. The zero-order valence-electron chi connectivity index (χ0n) is 16.8. The van der Waals surface area contributed by atoms with Gasteiger partial charge in [0.2, 0.25) is 0 Å². The monoisotopic (exact) mass is 383 g/mol. The lowest BCUT2D eigenvalue weighted by atomic mass is 9.80. The Hall–Kier alpha value is -2.24. The molecule has 5 heteroatoms. The summed E-state index contributed by atoms with van der Waals surface area (Å²) in [5.74, 6) is 2.38. The van der Waals surface area contributed by atoms with Crippen molar-refractivity contribution in [3.05, 3.63) is 54.1 Å². The number of benzene rings is 2. The fourth-order valence-electron chi connectivity index (χ4n) is 4.08. The Labute approximate surface area is 168 Å². The van der Waals surface area contributed by atoms with Crippen LogP contribution in [0.15, 0.2) is 48.5 Å². The van der Waals surface area contributed by atoms with E-state index in [0.29, 0.717) is 29.9 Å². The summed E-state index contributed by atoms with van der Waals surface area (Å²) in [6.07, 6.45) is 3.44. The van der Waals surface area contributed by atoms with Gasteiger partial charge < -0.3 is 25.8 Å². The molecule has 0 radical (unpaired) electrons. The first-order valence-corrected chi connectivity index (χ1v) is 10.2. The number of rotatable bonds is 9. The highest BCUT2D eigenvalue weighted by molar-refractivity contribution is 5.52. The Bertz CT molecular complexity index is 715. The van der Waals surface area contributed by atoms with Crippen LogP contribution in [0.25, 0.3) is 0 Å². The smallest absolute Gasteiger partial charge is 0.163 e. The fraction of sp³-hybridized carbons (Fsp3) is 0.478. The highest BCUT2D eigenvalue weighted by Crippen LogP contribution is 2.35. The van der Waals surface area contributed by atoms with Crippen molar-refractivity contribution in [2.75, 3.05) is 45.6 Å². The lowest BCUT2D eigenvalue weighted by Gasteiger charge is -2.36. The van der Waals surface area contributed by atoms with Gasteiger partial charge in [-0.15, -0.1) is 0 Å². The first kappa shape index (κ1) is 20.5. The number of nitrogen functional groups attached to an aromatic ring is 1. The lowest BCUT2D eigenvalue weighted by Crippen LogP contribution is -2.37. The molecule has 0 amide bonds. The van der Waals surface area contributed by atoms with Crippen LogP contribution in [-0.2, 0) is 0 Å². The highest BCUT2D eigenvalue weighted by atomic mass is 16.5. The predicted molar refractivity (Wildman–Crippen MR) is 115 cm³/mol. The molecule has 1 aliphatic rings. The van der Waals surface area contributed by atoms with Crippen molar-refractivity contribution in [2.45, 2.75) is 25.2 Å². The van der Waals surface area contributed by atoms with Crippen molar-refractivity contribution in [3.8, 4) is 11.5 Å². The first-order valence-electron chi connectivity index (χ1n) is 10.2. The molecule has 0 bridgehead atoms. The second-order valence-corrected chi connectivity index (χ2v) is 7.56. The predicted octanol–water partition coefficient (Wildman–Crippen LogP) is 3.50. The molecule has 3 rings (SSSR count). The van der Waals surface area contributed by atoms with Crippen molar-refractivity contribution < 1.29 is 9.47 Å². The van der Waals surface area contributed by atoms with E-state index < -0.39 is 0 Å². The highest BCUT2D eigenvalue weighted by Gasteiger charge is 2.28. The van der Waals surface area contributed by atoms with Crippen LogP contribution in [0.4, 0.5) is 5.69 Å². The maximum atomic E-state index is 6.24. The molecule has 1 aliphatic heterocycles. The summed E-state index contributed by atoms with van der Waals surface area (Å²) in [7, 11) is 1.66. The van der Waals surface area contributed by atoms with Gasteiger partial charge in [-0.3, -0.25) is 0 Å². The number of nitrogens with zero attached hydrogens (tertiary/aromatic N) is 1. The molecule has 152 valence electrons. The van der Waals surface area contributed by atoms with Crippen LogP contribution >= 0.6 is 0 Å². The molecule has 0 spiro atoms. The van der Waals surface area contributed by atoms with E-state index in [1.54, 1.807) is 7.11 Å². The van der Waals surface area contributed by atoms with E-state index in [-0.39, 0.29) is 0 Å². The standard InChI is InChI=1S/C23H33N3O2/c1-27-22-9-8-20(25)16-23(22)28-17-21(18-6-3-2-4-7-18)19-10-14-26(15-11-19)13-5-12-24/h2-4,6-9,16,19,21H,5,10-15,17,24-25H2,1H3. The van der Waals surface area contributed by atoms with Gasteiger partial charge in [0.05, 0.1) is 13.7 Å². The molecule has 1 unspecified atom stereocenters. The largest absolute Gasteiger partial charge is 0.493 e. The van der Waals surface area contributed by atoms with E-state index >= 15 is 0 Å². The zero-order chi connectivity index (χ0) is 19.8. The molecule has 1 saturated heterocycles. The Morgan fingerprint density at radius 2 is 1.82 bits per heavy atom. The molecular formula is C23H33N3O2. The Kier molecular flexibility index (Phi) is 7.57. The lowest BCUT2D eigenvalue weighted by molar-refractivity contribution is 0.144. The summed E-state index contributed by atoms with van der Waals surface area (Å²) in [4.78, 5) is 2.53. The third-order valence-corrected chi connectivity index (χ3v) is 5.71. The fourth-order valence-corrected chi connectivity index (χ4v) is 4.08. The number of likely N-dealkylation sites (tertiary alicyclic amines) is 1. The second-order valence-electron chi connectivity index (χ2n) is 7.56. The van der Waals surface area contributed by atoms with E-state index in [4.69, 9.17) is 20.9 Å². The molecule has 0 saturated carbocycles. The van der Waals surface area contributed by atoms with Gasteiger partial charge in [-0.25, -0.2) is 0 Å². The summed E-state index contributed by atoms with van der Waals surface area (Å²) >= 11 is 0. The summed E-state index contributed by atoms with van der Waals surface area (Å²) in [5, 5.41) is 0. The Morgan fingerprint density at radius 1 is 1.07 bits per heavy atom. The minimum absolute atomic E-state index is 0.351.